The Morgan fingerprint density at radius 1 is 1.14 bits per heavy atom. The van der Waals surface area contributed by atoms with Crippen LogP contribution in [0.2, 0.25) is 0 Å². The molecule has 2 saturated carbocycles. The molecule has 0 spiro atoms. The van der Waals surface area contributed by atoms with Crippen LogP contribution < -0.4 is 15.5 Å². The molecule has 0 radical (unpaired) electrons. The summed E-state index contributed by atoms with van der Waals surface area (Å²) in [6.45, 7) is 9.18. The number of urea groups is 1. The molecule has 2 aliphatic carbocycles. The molecule has 1 aromatic carbocycles. The van der Waals surface area contributed by atoms with Crippen molar-refractivity contribution in [3.8, 4) is 11.4 Å². The number of sulfone groups is 1. The molecule has 2 aromatic rings. The van der Waals surface area contributed by atoms with Gasteiger partial charge in [-0.25, -0.2) is 23.2 Å². The second kappa shape index (κ2) is 8.99. The quantitative estimate of drug-likeness (QED) is 0.603. The van der Waals surface area contributed by atoms with Crippen LogP contribution in [0.3, 0.4) is 0 Å². The number of nitrogens with one attached hydrogen (secondary N) is 2. The molecule has 2 N–H and O–H groups in total. The number of hydrogen-bond acceptors (Lipinski definition) is 7. The van der Waals surface area contributed by atoms with Crippen molar-refractivity contribution in [2.75, 3.05) is 30.0 Å². The molecule has 3 aliphatic rings. The molecule has 9 nitrogen and oxygen atoms in total. The Bertz CT molecular complexity index is 1250. The second-order valence-electron chi connectivity index (χ2n) is 11.1. The molecule has 194 valence electrons. The number of carbonyl (C=O) groups is 1. The first-order chi connectivity index (χ1) is 17.0. The zero-order valence-electron chi connectivity index (χ0n) is 21.4. The van der Waals surface area contributed by atoms with Gasteiger partial charge in [0, 0.05) is 29.9 Å². The Balaban J connectivity index is 1.51. The summed E-state index contributed by atoms with van der Waals surface area (Å²) >= 11 is 0. The summed E-state index contributed by atoms with van der Waals surface area (Å²) < 4.78 is 31.0. The first-order valence-corrected chi connectivity index (χ1v) is 14.1. The molecule has 1 saturated heterocycles. The van der Waals surface area contributed by atoms with Gasteiger partial charge in [0.2, 0.25) is 0 Å². The van der Waals surface area contributed by atoms with Gasteiger partial charge in [-0.2, -0.15) is 0 Å². The first-order valence-electron chi connectivity index (χ1n) is 12.7. The van der Waals surface area contributed by atoms with Crippen molar-refractivity contribution in [3.05, 3.63) is 36.0 Å². The Hall–Kier alpha value is -2.72. The zero-order valence-corrected chi connectivity index (χ0v) is 22.2. The van der Waals surface area contributed by atoms with Crippen LogP contribution >= 0.6 is 0 Å². The number of morpholine rings is 1. The number of carbonyl (C=O) groups excluding carboxylic acids is 1. The Morgan fingerprint density at radius 3 is 2.42 bits per heavy atom. The molecular weight excluding hydrogens is 478 g/mol. The van der Waals surface area contributed by atoms with Gasteiger partial charge in [0.25, 0.3) is 0 Å². The zero-order chi connectivity index (χ0) is 25.7. The van der Waals surface area contributed by atoms with Crippen molar-refractivity contribution in [2.45, 2.75) is 75.0 Å². The minimum absolute atomic E-state index is 0.111. The lowest BCUT2D eigenvalue weighted by molar-refractivity contribution is 0.0985. The first kappa shape index (κ1) is 25.0. The lowest BCUT2D eigenvalue weighted by atomic mass is 10.1. The molecule has 1 atom stereocenters. The minimum Gasteiger partial charge on any atom is -0.377 e. The Kier molecular flexibility index (Phi) is 6.23. The largest absolute Gasteiger partial charge is 0.377 e. The standard InChI is InChI=1S/C26H35N5O4S/c1-17-16-35-14-13-31(17)22-15-21(26(11-12-26)36(33,34)25(2,3)4)29-23(30-22)18-5-7-19(8-6-18)27-24(32)28-20-9-10-20/h5-8,15,17,20H,9-14,16H2,1-4H3,(H2,27,28,32)/t17-/m0/s1. The maximum absolute atomic E-state index is 13.6. The number of anilines is 2. The number of nitrogens with zero attached hydrogens (tertiary/aromatic N) is 3. The van der Waals surface area contributed by atoms with Gasteiger partial charge in [-0.05, 0) is 77.6 Å². The van der Waals surface area contributed by atoms with Gasteiger partial charge in [0.05, 0.1) is 29.7 Å². The lowest BCUT2D eigenvalue weighted by Crippen LogP contribution is -2.44. The van der Waals surface area contributed by atoms with Crippen LogP contribution in [0.4, 0.5) is 16.3 Å². The summed E-state index contributed by atoms with van der Waals surface area (Å²) in [4.78, 5) is 23.9. The fraction of sp³-hybridized carbons (Fsp3) is 0.577. The normalized spacial score (nSPS) is 21.7. The van der Waals surface area contributed by atoms with E-state index in [1.165, 1.54) is 0 Å². The highest BCUT2D eigenvalue weighted by atomic mass is 32.2. The third-order valence-electron chi connectivity index (χ3n) is 7.18. The monoisotopic (exact) mass is 513 g/mol. The molecule has 0 bridgehead atoms. The molecule has 2 heterocycles. The van der Waals surface area contributed by atoms with E-state index >= 15 is 0 Å². The SMILES string of the molecule is C[C@H]1COCCN1c1cc(C2(S(=O)(=O)C(C)(C)C)CC2)nc(-c2ccc(NC(=O)NC3CC3)cc2)n1. The Morgan fingerprint density at radius 2 is 1.83 bits per heavy atom. The van der Waals surface area contributed by atoms with Crippen LogP contribution in [0.1, 0.15) is 59.1 Å². The van der Waals surface area contributed by atoms with Crippen molar-refractivity contribution in [1.82, 2.24) is 15.3 Å². The van der Waals surface area contributed by atoms with Gasteiger partial charge in [-0.1, -0.05) is 0 Å². The molecule has 0 unspecified atom stereocenters. The summed E-state index contributed by atoms with van der Waals surface area (Å²) in [6.07, 6.45) is 3.16. The second-order valence-corrected chi connectivity index (χ2v) is 14.1. The highest BCUT2D eigenvalue weighted by Crippen LogP contribution is 2.56. The number of hydrogen-bond donors (Lipinski definition) is 2. The van der Waals surface area contributed by atoms with Gasteiger partial charge in [0.1, 0.15) is 10.6 Å². The predicted molar refractivity (Wildman–Crippen MR) is 140 cm³/mol. The van der Waals surface area contributed by atoms with Crippen LogP contribution in [0.25, 0.3) is 11.4 Å². The van der Waals surface area contributed by atoms with E-state index in [1.807, 2.05) is 30.3 Å². The van der Waals surface area contributed by atoms with E-state index in [9.17, 15) is 13.2 Å². The van der Waals surface area contributed by atoms with Gasteiger partial charge in [-0.3, -0.25) is 0 Å². The van der Waals surface area contributed by atoms with Crippen LogP contribution in [-0.4, -0.2) is 61.0 Å². The van der Waals surface area contributed by atoms with Crippen molar-refractivity contribution in [2.24, 2.45) is 0 Å². The third-order valence-corrected chi connectivity index (χ3v) is 10.4. The number of aromatic nitrogens is 2. The van der Waals surface area contributed by atoms with Gasteiger partial charge >= 0.3 is 6.03 Å². The van der Waals surface area contributed by atoms with Gasteiger partial charge in [0.15, 0.2) is 15.7 Å². The van der Waals surface area contributed by atoms with E-state index in [0.717, 1.165) is 18.4 Å². The van der Waals surface area contributed by atoms with E-state index in [0.29, 0.717) is 55.6 Å². The van der Waals surface area contributed by atoms with Crippen LogP contribution in [0, 0.1) is 0 Å². The summed E-state index contributed by atoms with van der Waals surface area (Å²) in [5.74, 6) is 1.19. The maximum atomic E-state index is 13.6. The minimum atomic E-state index is -3.49. The van der Waals surface area contributed by atoms with Crippen LogP contribution in [0.5, 0.6) is 0 Å². The van der Waals surface area contributed by atoms with E-state index in [-0.39, 0.29) is 18.1 Å². The summed E-state index contributed by atoms with van der Waals surface area (Å²) in [7, 11) is -3.49. The summed E-state index contributed by atoms with van der Waals surface area (Å²) in [5, 5.41) is 5.76. The van der Waals surface area contributed by atoms with E-state index in [1.54, 1.807) is 20.8 Å². The molecule has 10 heteroatoms. The van der Waals surface area contributed by atoms with Gasteiger partial charge in [-0.15, -0.1) is 0 Å². The summed E-state index contributed by atoms with van der Waals surface area (Å²) in [6, 6.07) is 9.38. The number of benzene rings is 1. The van der Waals surface area contributed by atoms with Crippen LogP contribution in [-0.2, 0) is 19.3 Å². The molecule has 36 heavy (non-hydrogen) atoms. The number of ether oxygens (including phenoxy) is 1. The molecule has 2 amide bonds. The third kappa shape index (κ3) is 4.68. The topological polar surface area (TPSA) is 114 Å². The Labute approximate surface area is 213 Å². The van der Waals surface area contributed by atoms with Crippen molar-refractivity contribution < 1.29 is 17.9 Å². The van der Waals surface area contributed by atoms with Gasteiger partial charge < -0.3 is 20.3 Å². The molecule has 3 fully saturated rings. The fourth-order valence-electron chi connectivity index (χ4n) is 4.66. The number of amides is 2. The van der Waals surface area contributed by atoms with E-state index < -0.39 is 19.3 Å². The van der Waals surface area contributed by atoms with Crippen molar-refractivity contribution >= 4 is 27.4 Å². The van der Waals surface area contributed by atoms with E-state index in [2.05, 4.69) is 22.5 Å². The number of rotatable bonds is 6. The van der Waals surface area contributed by atoms with Crippen molar-refractivity contribution in [1.29, 1.82) is 0 Å². The predicted octanol–water partition coefficient (Wildman–Crippen LogP) is 3.86. The molecule has 1 aliphatic heterocycles. The molecular formula is C26H35N5O4S. The highest BCUT2D eigenvalue weighted by molar-refractivity contribution is 7.94. The lowest BCUT2D eigenvalue weighted by Gasteiger charge is -2.35. The van der Waals surface area contributed by atoms with Crippen molar-refractivity contribution in [3.63, 3.8) is 0 Å². The fourth-order valence-corrected chi connectivity index (χ4v) is 6.85. The molecule has 1 aromatic heterocycles. The molecule has 5 rings (SSSR count). The summed E-state index contributed by atoms with van der Waals surface area (Å²) in [5.41, 5.74) is 1.99. The average Bonchev–Trinajstić information content (AvgIpc) is 3.74. The highest BCUT2D eigenvalue weighted by Gasteiger charge is 2.61. The smallest absolute Gasteiger partial charge is 0.319 e. The van der Waals surface area contributed by atoms with Crippen LogP contribution in [0.15, 0.2) is 30.3 Å². The average molecular weight is 514 g/mol. The maximum Gasteiger partial charge on any atom is 0.319 e. The van der Waals surface area contributed by atoms with E-state index in [4.69, 9.17) is 14.7 Å².